The lowest BCUT2D eigenvalue weighted by Gasteiger charge is -2.21. The number of aromatic nitrogens is 2. The lowest BCUT2D eigenvalue weighted by molar-refractivity contribution is -0.137. The van der Waals surface area contributed by atoms with Crippen molar-refractivity contribution >= 4 is 17.5 Å². The minimum atomic E-state index is -0.717. The standard InChI is InChI=1S/C20H20ClN3O4/c1-13(27-17-10-5-4-9-16(17)21)20(25)24(2)12-18-22-19(23-28-18)14-7-6-8-15(11-14)26-3/h4-11,13H,12H2,1-3H3/t13-/m1/s1. The van der Waals surface area contributed by atoms with Gasteiger partial charge in [-0.3, -0.25) is 4.79 Å². The number of benzene rings is 2. The molecule has 3 rings (SSSR count). The molecule has 0 aliphatic carbocycles. The van der Waals surface area contributed by atoms with Crippen molar-refractivity contribution in [3.05, 3.63) is 59.4 Å². The van der Waals surface area contributed by atoms with Gasteiger partial charge in [-0.2, -0.15) is 4.98 Å². The molecule has 0 saturated heterocycles. The van der Waals surface area contributed by atoms with Gasteiger partial charge in [0.05, 0.1) is 18.7 Å². The average molecular weight is 402 g/mol. The molecule has 2 aromatic carbocycles. The number of para-hydroxylation sites is 1. The molecule has 0 unspecified atom stereocenters. The van der Waals surface area contributed by atoms with Crippen molar-refractivity contribution in [2.45, 2.75) is 19.6 Å². The van der Waals surface area contributed by atoms with Gasteiger partial charge >= 0.3 is 0 Å². The number of carbonyl (C=O) groups excluding carboxylic acids is 1. The van der Waals surface area contributed by atoms with E-state index in [2.05, 4.69) is 10.1 Å². The van der Waals surface area contributed by atoms with E-state index >= 15 is 0 Å². The summed E-state index contributed by atoms with van der Waals surface area (Å²) in [5.74, 6) is 1.66. The van der Waals surface area contributed by atoms with Crippen LogP contribution in [0.15, 0.2) is 53.1 Å². The van der Waals surface area contributed by atoms with Gasteiger partial charge in [-0.05, 0) is 31.2 Å². The lowest BCUT2D eigenvalue weighted by Crippen LogP contribution is -2.37. The second-order valence-electron chi connectivity index (χ2n) is 6.13. The average Bonchev–Trinajstić information content (AvgIpc) is 3.17. The number of halogens is 1. The summed E-state index contributed by atoms with van der Waals surface area (Å²) in [6.45, 7) is 1.82. The Morgan fingerprint density at radius 3 is 2.79 bits per heavy atom. The predicted molar refractivity (Wildman–Crippen MR) is 104 cm³/mol. The number of ether oxygens (including phenoxy) is 2. The van der Waals surface area contributed by atoms with Gasteiger partial charge in [0, 0.05) is 12.6 Å². The minimum Gasteiger partial charge on any atom is -0.497 e. The van der Waals surface area contributed by atoms with Crippen LogP contribution in [0.1, 0.15) is 12.8 Å². The highest BCUT2D eigenvalue weighted by molar-refractivity contribution is 6.32. The number of hydrogen-bond acceptors (Lipinski definition) is 6. The summed E-state index contributed by atoms with van der Waals surface area (Å²) in [6.07, 6.45) is -0.717. The van der Waals surface area contributed by atoms with Gasteiger partial charge in [-0.1, -0.05) is 41.0 Å². The Morgan fingerprint density at radius 1 is 1.25 bits per heavy atom. The SMILES string of the molecule is COc1cccc(-c2noc(CN(C)C(=O)[C@@H](C)Oc3ccccc3Cl)n2)c1. The van der Waals surface area contributed by atoms with E-state index in [0.29, 0.717) is 28.2 Å². The van der Waals surface area contributed by atoms with Crippen molar-refractivity contribution in [3.8, 4) is 22.9 Å². The maximum Gasteiger partial charge on any atom is 0.263 e. The molecule has 146 valence electrons. The molecule has 7 nitrogen and oxygen atoms in total. The quantitative estimate of drug-likeness (QED) is 0.598. The zero-order valence-electron chi connectivity index (χ0n) is 15.8. The van der Waals surface area contributed by atoms with Crippen LogP contribution in [0.2, 0.25) is 5.02 Å². The first kappa shape index (κ1) is 19.7. The van der Waals surface area contributed by atoms with Crippen LogP contribution >= 0.6 is 11.6 Å². The maximum atomic E-state index is 12.6. The normalized spacial score (nSPS) is 11.7. The molecule has 0 aliphatic heterocycles. The van der Waals surface area contributed by atoms with Gasteiger partial charge in [0.1, 0.15) is 11.5 Å². The van der Waals surface area contributed by atoms with Gasteiger partial charge in [0.2, 0.25) is 11.7 Å². The number of rotatable bonds is 7. The first-order chi connectivity index (χ1) is 13.5. The fourth-order valence-electron chi connectivity index (χ4n) is 2.57. The van der Waals surface area contributed by atoms with Crippen LogP contribution in [0.25, 0.3) is 11.4 Å². The van der Waals surface area contributed by atoms with Crippen LogP contribution in [0, 0.1) is 0 Å². The van der Waals surface area contributed by atoms with E-state index in [0.717, 1.165) is 5.56 Å². The fourth-order valence-corrected chi connectivity index (χ4v) is 2.75. The van der Waals surface area contributed by atoms with Crippen LogP contribution in [-0.2, 0) is 11.3 Å². The van der Waals surface area contributed by atoms with E-state index in [4.69, 9.17) is 25.6 Å². The second kappa shape index (κ2) is 8.75. The summed E-state index contributed by atoms with van der Waals surface area (Å²) in [5.41, 5.74) is 0.763. The largest absolute Gasteiger partial charge is 0.497 e. The van der Waals surface area contributed by atoms with E-state index in [-0.39, 0.29) is 12.5 Å². The molecule has 8 heteroatoms. The van der Waals surface area contributed by atoms with E-state index in [9.17, 15) is 4.79 Å². The molecule has 1 amide bonds. The van der Waals surface area contributed by atoms with Crippen LogP contribution < -0.4 is 9.47 Å². The molecule has 0 radical (unpaired) electrons. The first-order valence-electron chi connectivity index (χ1n) is 8.61. The number of methoxy groups -OCH3 is 1. The highest BCUT2D eigenvalue weighted by Crippen LogP contribution is 2.25. The third-order valence-electron chi connectivity index (χ3n) is 4.03. The Hall–Kier alpha value is -3.06. The van der Waals surface area contributed by atoms with E-state index < -0.39 is 6.10 Å². The van der Waals surface area contributed by atoms with E-state index in [1.807, 2.05) is 24.3 Å². The Morgan fingerprint density at radius 2 is 2.04 bits per heavy atom. The third kappa shape index (κ3) is 4.61. The lowest BCUT2D eigenvalue weighted by atomic mass is 10.2. The molecule has 1 heterocycles. The Kier molecular flexibility index (Phi) is 6.16. The topological polar surface area (TPSA) is 77.7 Å². The van der Waals surface area contributed by atoms with Crippen LogP contribution in [-0.4, -0.2) is 41.2 Å². The number of amides is 1. The van der Waals surface area contributed by atoms with Crippen LogP contribution in [0.5, 0.6) is 11.5 Å². The van der Waals surface area contributed by atoms with Gasteiger partial charge < -0.3 is 18.9 Å². The third-order valence-corrected chi connectivity index (χ3v) is 4.35. The number of carbonyl (C=O) groups is 1. The van der Waals surface area contributed by atoms with Crippen molar-refractivity contribution in [3.63, 3.8) is 0 Å². The van der Waals surface area contributed by atoms with Crippen molar-refractivity contribution < 1.29 is 18.8 Å². The molecule has 0 saturated carbocycles. The van der Waals surface area contributed by atoms with Crippen molar-refractivity contribution in [2.75, 3.05) is 14.2 Å². The summed E-state index contributed by atoms with van der Waals surface area (Å²) in [7, 11) is 3.23. The molecule has 1 aromatic heterocycles. The summed E-state index contributed by atoms with van der Waals surface area (Å²) in [4.78, 5) is 18.4. The highest BCUT2D eigenvalue weighted by atomic mass is 35.5. The summed E-state index contributed by atoms with van der Waals surface area (Å²) in [5, 5.41) is 4.42. The molecule has 0 spiro atoms. The first-order valence-corrected chi connectivity index (χ1v) is 8.99. The molecular weight excluding hydrogens is 382 g/mol. The Balaban J connectivity index is 1.64. The van der Waals surface area contributed by atoms with Crippen molar-refractivity contribution in [1.29, 1.82) is 0 Å². The fraction of sp³-hybridized carbons (Fsp3) is 0.250. The molecule has 1 atom stereocenters. The molecule has 0 N–H and O–H groups in total. The highest BCUT2D eigenvalue weighted by Gasteiger charge is 2.22. The number of nitrogens with zero attached hydrogens (tertiary/aromatic N) is 3. The van der Waals surface area contributed by atoms with Gasteiger partial charge in [0.15, 0.2) is 6.10 Å². The maximum absolute atomic E-state index is 12.6. The van der Waals surface area contributed by atoms with E-state index in [1.165, 1.54) is 4.90 Å². The Bertz CT molecular complexity index is 960. The summed E-state index contributed by atoms with van der Waals surface area (Å²) in [6, 6.07) is 14.3. The number of hydrogen-bond donors (Lipinski definition) is 0. The molecule has 0 bridgehead atoms. The smallest absolute Gasteiger partial charge is 0.263 e. The van der Waals surface area contributed by atoms with E-state index in [1.54, 1.807) is 45.3 Å². The monoisotopic (exact) mass is 401 g/mol. The predicted octanol–water partition coefficient (Wildman–Crippen LogP) is 3.82. The van der Waals surface area contributed by atoms with Gasteiger partial charge in [0.25, 0.3) is 5.91 Å². The van der Waals surface area contributed by atoms with Crippen molar-refractivity contribution in [2.24, 2.45) is 0 Å². The van der Waals surface area contributed by atoms with Gasteiger partial charge in [-0.15, -0.1) is 0 Å². The molecular formula is C20H20ClN3O4. The summed E-state index contributed by atoms with van der Waals surface area (Å²) < 4.78 is 16.1. The second-order valence-corrected chi connectivity index (χ2v) is 6.54. The van der Waals surface area contributed by atoms with Gasteiger partial charge in [-0.25, -0.2) is 0 Å². The van der Waals surface area contributed by atoms with Crippen molar-refractivity contribution in [1.82, 2.24) is 15.0 Å². The molecule has 3 aromatic rings. The van der Waals surface area contributed by atoms with Crippen LogP contribution in [0.3, 0.4) is 0 Å². The zero-order chi connectivity index (χ0) is 20.1. The molecule has 0 aliphatic rings. The van der Waals surface area contributed by atoms with Crippen LogP contribution in [0.4, 0.5) is 0 Å². The minimum absolute atomic E-state index is 0.159. The summed E-state index contributed by atoms with van der Waals surface area (Å²) >= 11 is 6.07. The Labute approximate surface area is 167 Å². The zero-order valence-corrected chi connectivity index (χ0v) is 16.5. The number of likely N-dealkylation sites (N-methyl/N-ethyl adjacent to an activating group) is 1. The molecule has 28 heavy (non-hydrogen) atoms. The molecule has 0 fully saturated rings.